The lowest BCUT2D eigenvalue weighted by atomic mass is 10.1. The summed E-state index contributed by atoms with van der Waals surface area (Å²) < 4.78 is 58.8. The van der Waals surface area contributed by atoms with Gasteiger partial charge < -0.3 is 4.74 Å². The maximum absolute atomic E-state index is 12.8. The van der Waals surface area contributed by atoms with Crippen LogP contribution in [0.4, 0.5) is 5.69 Å². The minimum absolute atomic E-state index is 0.0130. The number of sulfonamides is 2. The Kier molecular flexibility index (Phi) is 6.71. The van der Waals surface area contributed by atoms with Crippen LogP contribution in [0.2, 0.25) is 0 Å². The van der Waals surface area contributed by atoms with Crippen LogP contribution in [0.25, 0.3) is 0 Å². The first kappa shape index (κ1) is 22.9. The van der Waals surface area contributed by atoms with Crippen molar-refractivity contribution in [1.82, 2.24) is 4.31 Å². The molecule has 1 N–H and O–H groups in total. The number of aryl methyl sites for hydroxylation is 1. The van der Waals surface area contributed by atoms with Crippen LogP contribution in [0.1, 0.15) is 28.4 Å². The molecular weight excluding hydrogens is 416 g/mol. The first-order chi connectivity index (χ1) is 13.4. The Morgan fingerprint density at radius 3 is 2.10 bits per heavy atom. The number of hydrogen-bond acceptors (Lipinski definition) is 6. The Bertz CT molecular complexity index is 1120. The van der Waals surface area contributed by atoms with Crippen LogP contribution in [-0.4, -0.2) is 47.8 Å². The molecule has 0 amide bonds. The molecule has 0 aliphatic heterocycles. The van der Waals surface area contributed by atoms with Crippen LogP contribution in [0.15, 0.2) is 46.2 Å². The number of ether oxygens (including phenoxy) is 1. The fraction of sp³-hybridized carbons (Fsp3) is 0.316. The Labute approximate surface area is 171 Å². The van der Waals surface area contributed by atoms with Gasteiger partial charge in [-0.05, 0) is 68.3 Å². The molecule has 0 saturated heterocycles. The predicted molar refractivity (Wildman–Crippen MR) is 110 cm³/mol. The SMILES string of the molecule is CCOC(=O)c1ccc(S(=O)(=O)Nc2cc(S(=O)(=O)N(C)C)cc(C)c2C)cc1. The molecule has 0 spiro atoms. The summed E-state index contributed by atoms with van der Waals surface area (Å²) in [5.41, 5.74) is 1.63. The van der Waals surface area contributed by atoms with Gasteiger partial charge >= 0.3 is 5.97 Å². The summed E-state index contributed by atoms with van der Waals surface area (Å²) in [6.45, 7) is 5.29. The van der Waals surface area contributed by atoms with Gasteiger partial charge in [0.05, 0.1) is 27.6 Å². The van der Waals surface area contributed by atoms with Gasteiger partial charge in [0.15, 0.2) is 0 Å². The average Bonchev–Trinajstić information content (AvgIpc) is 2.65. The molecule has 0 aliphatic rings. The van der Waals surface area contributed by atoms with Gasteiger partial charge in [-0.15, -0.1) is 0 Å². The van der Waals surface area contributed by atoms with E-state index < -0.39 is 26.0 Å². The van der Waals surface area contributed by atoms with E-state index >= 15 is 0 Å². The van der Waals surface area contributed by atoms with E-state index in [2.05, 4.69) is 4.72 Å². The van der Waals surface area contributed by atoms with Crippen molar-refractivity contribution in [3.8, 4) is 0 Å². The molecule has 0 heterocycles. The second kappa shape index (κ2) is 8.52. The van der Waals surface area contributed by atoms with E-state index in [-0.39, 0.29) is 27.6 Å². The summed E-state index contributed by atoms with van der Waals surface area (Å²) in [6.07, 6.45) is 0. The second-order valence-electron chi connectivity index (χ2n) is 6.55. The molecule has 29 heavy (non-hydrogen) atoms. The van der Waals surface area contributed by atoms with Crippen LogP contribution >= 0.6 is 0 Å². The number of anilines is 1. The third-order valence-electron chi connectivity index (χ3n) is 4.34. The molecule has 2 aromatic rings. The normalized spacial score (nSPS) is 12.1. The predicted octanol–water partition coefficient (Wildman–Crippen LogP) is 2.53. The Hall–Kier alpha value is -2.43. The van der Waals surface area contributed by atoms with Gasteiger partial charge in [0.2, 0.25) is 10.0 Å². The number of nitrogens with zero attached hydrogens (tertiary/aromatic N) is 1. The number of esters is 1. The number of carbonyl (C=O) groups excluding carboxylic acids is 1. The van der Waals surface area contributed by atoms with Crippen molar-refractivity contribution in [2.45, 2.75) is 30.6 Å². The highest BCUT2D eigenvalue weighted by molar-refractivity contribution is 7.92. The van der Waals surface area contributed by atoms with Crippen molar-refractivity contribution in [3.63, 3.8) is 0 Å². The fourth-order valence-corrected chi connectivity index (χ4v) is 4.61. The van der Waals surface area contributed by atoms with Crippen LogP contribution in [-0.2, 0) is 24.8 Å². The number of rotatable bonds is 7. The van der Waals surface area contributed by atoms with Gasteiger partial charge in [-0.3, -0.25) is 4.72 Å². The Morgan fingerprint density at radius 2 is 1.59 bits per heavy atom. The Balaban J connectivity index is 2.42. The lowest BCUT2D eigenvalue weighted by Gasteiger charge is -2.17. The van der Waals surface area contributed by atoms with Crippen molar-refractivity contribution >= 4 is 31.7 Å². The van der Waals surface area contributed by atoms with E-state index in [0.717, 1.165) is 4.31 Å². The largest absolute Gasteiger partial charge is 0.462 e. The van der Waals surface area contributed by atoms with E-state index in [4.69, 9.17) is 4.74 Å². The van der Waals surface area contributed by atoms with Gasteiger partial charge in [0, 0.05) is 14.1 Å². The standard InChI is InChI=1S/C19H24N2O6S2/c1-6-27-19(22)15-7-9-16(10-8-15)28(23,24)20-18-12-17(11-13(2)14(18)3)29(25,26)21(4)5/h7-12,20H,6H2,1-5H3. The summed E-state index contributed by atoms with van der Waals surface area (Å²) >= 11 is 0. The van der Waals surface area contributed by atoms with E-state index in [1.165, 1.54) is 50.5 Å². The zero-order valence-corrected chi connectivity index (χ0v) is 18.5. The minimum atomic E-state index is -4.00. The van der Waals surface area contributed by atoms with Gasteiger partial charge in [0.1, 0.15) is 0 Å². The minimum Gasteiger partial charge on any atom is -0.462 e. The topological polar surface area (TPSA) is 110 Å². The summed E-state index contributed by atoms with van der Waals surface area (Å²) in [5, 5.41) is 0. The number of benzene rings is 2. The maximum Gasteiger partial charge on any atom is 0.338 e. The van der Waals surface area contributed by atoms with Crippen molar-refractivity contribution in [2.24, 2.45) is 0 Å². The van der Waals surface area contributed by atoms with Crippen molar-refractivity contribution in [3.05, 3.63) is 53.1 Å². The van der Waals surface area contributed by atoms with Gasteiger partial charge in [-0.25, -0.2) is 25.9 Å². The van der Waals surface area contributed by atoms with Gasteiger partial charge in [0.25, 0.3) is 10.0 Å². The van der Waals surface area contributed by atoms with E-state index in [1.807, 2.05) is 0 Å². The van der Waals surface area contributed by atoms with Gasteiger partial charge in [-0.1, -0.05) is 0 Å². The summed E-state index contributed by atoms with van der Waals surface area (Å²) in [4.78, 5) is 11.6. The number of carbonyl (C=O) groups is 1. The monoisotopic (exact) mass is 440 g/mol. The van der Waals surface area contributed by atoms with E-state index in [1.54, 1.807) is 20.8 Å². The molecule has 0 bridgehead atoms. The smallest absolute Gasteiger partial charge is 0.338 e. The zero-order chi connectivity index (χ0) is 22.0. The Morgan fingerprint density at radius 1 is 1.00 bits per heavy atom. The van der Waals surface area contributed by atoms with E-state index in [0.29, 0.717) is 11.1 Å². The molecule has 0 aliphatic carbocycles. The van der Waals surface area contributed by atoms with Crippen molar-refractivity contribution < 1.29 is 26.4 Å². The number of hydrogen-bond donors (Lipinski definition) is 1. The van der Waals surface area contributed by atoms with Gasteiger partial charge in [-0.2, -0.15) is 0 Å². The highest BCUT2D eigenvalue weighted by atomic mass is 32.2. The molecule has 8 nitrogen and oxygen atoms in total. The molecule has 0 aromatic heterocycles. The second-order valence-corrected chi connectivity index (χ2v) is 10.4. The molecule has 2 rings (SSSR count). The molecular formula is C19H24N2O6S2. The highest BCUT2D eigenvalue weighted by Crippen LogP contribution is 2.27. The van der Waals surface area contributed by atoms with E-state index in [9.17, 15) is 21.6 Å². The maximum atomic E-state index is 12.8. The highest BCUT2D eigenvalue weighted by Gasteiger charge is 2.22. The molecule has 158 valence electrons. The summed E-state index contributed by atoms with van der Waals surface area (Å²) in [7, 11) is -4.93. The summed E-state index contributed by atoms with van der Waals surface area (Å²) in [6, 6.07) is 8.09. The summed E-state index contributed by atoms with van der Waals surface area (Å²) in [5.74, 6) is -0.544. The molecule has 0 fully saturated rings. The first-order valence-electron chi connectivity index (χ1n) is 8.74. The molecule has 0 saturated carbocycles. The average molecular weight is 441 g/mol. The lowest BCUT2D eigenvalue weighted by Crippen LogP contribution is -2.23. The third-order valence-corrected chi connectivity index (χ3v) is 7.51. The molecule has 0 radical (unpaired) electrons. The first-order valence-corrected chi connectivity index (χ1v) is 11.7. The van der Waals surface area contributed by atoms with Crippen LogP contribution in [0, 0.1) is 13.8 Å². The van der Waals surface area contributed by atoms with Crippen molar-refractivity contribution in [1.29, 1.82) is 0 Å². The molecule has 0 atom stereocenters. The molecule has 10 heteroatoms. The lowest BCUT2D eigenvalue weighted by molar-refractivity contribution is 0.0526. The molecule has 0 unspecified atom stereocenters. The zero-order valence-electron chi connectivity index (χ0n) is 16.9. The van der Waals surface area contributed by atoms with Crippen LogP contribution in [0.3, 0.4) is 0 Å². The van der Waals surface area contributed by atoms with Crippen LogP contribution < -0.4 is 4.72 Å². The fourth-order valence-electron chi connectivity index (χ4n) is 2.48. The third kappa shape index (κ3) is 4.95. The quantitative estimate of drug-likeness (QED) is 0.663. The molecule has 2 aromatic carbocycles. The van der Waals surface area contributed by atoms with Crippen molar-refractivity contribution in [2.75, 3.05) is 25.4 Å². The number of nitrogens with one attached hydrogen (secondary N) is 1. The van der Waals surface area contributed by atoms with Crippen LogP contribution in [0.5, 0.6) is 0 Å².